The Bertz CT molecular complexity index is 977. The van der Waals surface area contributed by atoms with Gasteiger partial charge in [0.05, 0.1) is 30.3 Å². The molecule has 3 aliphatic rings. The summed E-state index contributed by atoms with van der Waals surface area (Å²) in [4.78, 5) is 47.7. The second-order valence-electron chi connectivity index (χ2n) is 9.84. The third-order valence-electron chi connectivity index (χ3n) is 6.65. The summed E-state index contributed by atoms with van der Waals surface area (Å²) >= 11 is 0. The Morgan fingerprint density at radius 3 is 2.42 bits per heavy atom. The number of imide groups is 1. The smallest absolute Gasteiger partial charge is 0.251 e. The Morgan fingerprint density at radius 2 is 1.76 bits per heavy atom. The first-order valence-corrected chi connectivity index (χ1v) is 11.6. The number of allylic oxidation sites excluding steroid dienone is 2. The van der Waals surface area contributed by atoms with Gasteiger partial charge in [-0.15, -0.1) is 0 Å². The van der Waals surface area contributed by atoms with Crippen molar-refractivity contribution in [2.24, 2.45) is 10.4 Å². The van der Waals surface area contributed by atoms with Crippen molar-refractivity contribution in [3.8, 4) is 0 Å². The number of rotatable bonds is 6. The molecule has 8 nitrogen and oxygen atoms in total. The molecule has 8 heteroatoms. The molecule has 2 amide bonds. The first-order valence-electron chi connectivity index (χ1n) is 11.6. The molecule has 1 N–H and O–H groups in total. The van der Waals surface area contributed by atoms with Crippen molar-refractivity contribution in [3.63, 3.8) is 0 Å². The molecule has 33 heavy (non-hydrogen) atoms. The van der Waals surface area contributed by atoms with Crippen LogP contribution in [0.4, 0.5) is 5.69 Å². The van der Waals surface area contributed by atoms with Crippen LogP contribution in [0.5, 0.6) is 0 Å². The molecule has 2 aliphatic heterocycles. The van der Waals surface area contributed by atoms with E-state index < -0.39 is 6.04 Å². The second-order valence-corrected chi connectivity index (χ2v) is 9.84. The molecule has 0 unspecified atom stereocenters. The molecule has 4 rings (SSSR count). The van der Waals surface area contributed by atoms with Crippen LogP contribution in [0.1, 0.15) is 33.1 Å². The summed E-state index contributed by atoms with van der Waals surface area (Å²) < 4.78 is 0. The van der Waals surface area contributed by atoms with Crippen LogP contribution in [0.2, 0.25) is 0 Å². The number of aliphatic imine (C=N–C) groups is 1. The molecule has 2 saturated heterocycles. The fourth-order valence-corrected chi connectivity index (χ4v) is 4.85. The van der Waals surface area contributed by atoms with Crippen molar-refractivity contribution in [3.05, 3.63) is 41.7 Å². The number of carbonyl (C=O) groups is 3. The number of aliphatic hydroxyl groups excluding tert-OH is 1. The average Bonchev–Trinajstić information content (AvgIpc) is 3.07. The topological polar surface area (TPSA) is 93.5 Å². The summed E-state index contributed by atoms with van der Waals surface area (Å²) in [6.07, 6.45) is 2.65. The van der Waals surface area contributed by atoms with E-state index in [4.69, 9.17) is 0 Å². The summed E-state index contributed by atoms with van der Waals surface area (Å²) in [6, 6.07) is 8.69. The summed E-state index contributed by atoms with van der Waals surface area (Å²) in [5.41, 5.74) is 0.765. The second kappa shape index (κ2) is 9.57. The molecule has 0 saturated carbocycles. The first-order chi connectivity index (χ1) is 15.7. The minimum Gasteiger partial charge on any atom is -0.511 e. The Kier molecular flexibility index (Phi) is 6.76. The fourth-order valence-electron chi connectivity index (χ4n) is 4.85. The number of amides is 2. The van der Waals surface area contributed by atoms with Gasteiger partial charge in [0, 0.05) is 51.8 Å². The number of Topliss-reactive ketones (excluding diaryl/α,β-unsaturated/α-hetero) is 1. The number of piperazine rings is 1. The van der Waals surface area contributed by atoms with Crippen LogP contribution in [0.15, 0.2) is 46.7 Å². The molecular formula is C25H32N4O4. The highest BCUT2D eigenvalue weighted by molar-refractivity contribution is 6.22. The van der Waals surface area contributed by atoms with E-state index in [0.717, 1.165) is 32.7 Å². The Balaban J connectivity index is 1.25. The average molecular weight is 453 g/mol. The number of benzene rings is 1. The van der Waals surface area contributed by atoms with Gasteiger partial charge in [-0.05, 0) is 17.5 Å². The van der Waals surface area contributed by atoms with Gasteiger partial charge in [-0.2, -0.15) is 0 Å². The van der Waals surface area contributed by atoms with Crippen LogP contribution in [0.3, 0.4) is 0 Å². The molecule has 0 aromatic heterocycles. The van der Waals surface area contributed by atoms with Crippen LogP contribution in [0.25, 0.3) is 0 Å². The number of para-hydroxylation sites is 1. The predicted octanol–water partition coefficient (Wildman–Crippen LogP) is 2.21. The number of nitrogens with zero attached hydrogens (tertiary/aromatic N) is 4. The molecule has 2 heterocycles. The zero-order valence-electron chi connectivity index (χ0n) is 19.4. The Labute approximate surface area is 194 Å². The molecule has 1 aliphatic carbocycles. The van der Waals surface area contributed by atoms with E-state index in [1.807, 2.05) is 32.0 Å². The maximum absolute atomic E-state index is 12.9. The first kappa shape index (κ1) is 23.3. The van der Waals surface area contributed by atoms with E-state index >= 15 is 0 Å². The van der Waals surface area contributed by atoms with Crippen molar-refractivity contribution in [1.29, 1.82) is 0 Å². The lowest BCUT2D eigenvalue weighted by atomic mass is 9.77. The van der Waals surface area contributed by atoms with Gasteiger partial charge in [0.25, 0.3) is 5.91 Å². The molecule has 176 valence electrons. The third kappa shape index (κ3) is 5.23. The lowest BCUT2D eigenvalue weighted by Crippen LogP contribution is -2.52. The molecule has 0 radical (unpaired) electrons. The van der Waals surface area contributed by atoms with Gasteiger partial charge < -0.3 is 5.11 Å². The van der Waals surface area contributed by atoms with Gasteiger partial charge in [0.15, 0.2) is 5.78 Å². The van der Waals surface area contributed by atoms with E-state index in [-0.39, 0.29) is 35.2 Å². The summed E-state index contributed by atoms with van der Waals surface area (Å²) in [7, 11) is 0. The van der Waals surface area contributed by atoms with Crippen LogP contribution in [0, 0.1) is 5.41 Å². The van der Waals surface area contributed by atoms with Crippen LogP contribution in [-0.4, -0.2) is 84.0 Å². The number of carbonyl (C=O) groups excluding carboxylic acids is 3. The zero-order valence-corrected chi connectivity index (χ0v) is 19.4. The zero-order chi connectivity index (χ0) is 23.6. The molecule has 1 atom stereocenters. The van der Waals surface area contributed by atoms with Gasteiger partial charge in [0.1, 0.15) is 5.76 Å². The summed E-state index contributed by atoms with van der Waals surface area (Å²) in [5, 5.41) is 10.2. The quantitative estimate of drug-likeness (QED) is 0.525. The van der Waals surface area contributed by atoms with Gasteiger partial charge in [-0.1, -0.05) is 32.0 Å². The van der Waals surface area contributed by atoms with Crippen molar-refractivity contribution in [2.75, 3.05) is 44.2 Å². The molecule has 2 fully saturated rings. The van der Waals surface area contributed by atoms with Gasteiger partial charge in [-0.25, -0.2) is 4.90 Å². The summed E-state index contributed by atoms with van der Waals surface area (Å²) in [6.45, 7) is 8.25. The lowest BCUT2D eigenvalue weighted by Gasteiger charge is -2.36. The van der Waals surface area contributed by atoms with Gasteiger partial charge >= 0.3 is 0 Å². The Hall–Kier alpha value is -2.84. The highest BCUT2D eigenvalue weighted by Crippen LogP contribution is 2.35. The number of anilines is 1. The SMILES string of the molecule is CC1(C)CC(=O)C(C=NCCN2CCN([C@@H]3CC(=O)N(c4ccccc4)C3=O)CC2)=C(O)C1. The number of hydrogen-bond acceptors (Lipinski definition) is 7. The molecule has 0 spiro atoms. The van der Waals surface area contributed by atoms with Crippen LogP contribution in [-0.2, 0) is 14.4 Å². The van der Waals surface area contributed by atoms with E-state index in [0.29, 0.717) is 30.6 Å². The maximum atomic E-state index is 12.9. The molecule has 1 aromatic rings. The van der Waals surface area contributed by atoms with Crippen LogP contribution < -0.4 is 4.90 Å². The van der Waals surface area contributed by atoms with E-state index in [1.165, 1.54) is 11.1 Å². The van der Waals surface area contributed by atoms with Crippen molar-refractivity contribution in [2.45, 2.75) is 39.2 Å². The maximum Gasteiger partial charge on any atom is 0.251 e. The summed E-state index contributed by atoms with van der Waals surface area (Å²) in [5.74, 6) is -0.209. The highest BCUT2D eigenvalue weighted by atomic mass is 16.3. The van der Waals surface area contributed by atoms with Crippen molar-refractivity contribution >= 4 is 29.5 Å². The van der Waals surface area contributed by atoms with Crippen LogP contribution >= 0.6 is 0 Å². The van der Waals surface area contributed by atoms with Crippen molar-refractivity contribution < 1.29 is 19.5 Å². The lowest BCUT2D eigenvalue weighted by molar-refractivity contribution is -0.123. The monoisotopic (exact) mass is 452 g/mol. The van der Waals surface area contributed by atoms with E-state index in [9.17, 15) is 19.5 Å². The van der Waals surface area contributed by atoms with E-state index in [1.54, 1.807) is 12.1 Å². The molecule has 1 aromatic carbocycles. The fraction of sp³-hybridized carbons (Fsp3) is 0.520. The highest BCUT2D eigenvalue weighted by Gasteiger charge is 2.43. The van der Waals surface area contributed by atoms with Gasteiger partial charge in [-0.3, -0.25) is 29.2 Å². The largest absolute Gasteiger partial charge is 0.511 e. The minimum absolute atomic E-state index is 0.0542. The normalized spacial score (nSPS) is 25.0. The molecular weight excluding hydrogens is 420 g/mol. The van der Waals surface area contributed by atoms with E-state index in [2.05, 4.69) is 14.8 Å². The van der Waals surface area contributed by atoms with Gasteiger partial charge in [0.2, 0.25) is 5.91 Å². The minimum atomic E-state index is -0.394. The Morgan fingerprint density at radius 1 is 1.06 bits per heavy atom. The predicted molar refractivity (Wildman–Crippen MR) is 126 cm³/mol. The number of ketones is 1. The third-order valence-corrected chi connectivity index (χ3v) is 6.65. The number of aliphatic hydroxyl groups is 1. The standard InChI is InChI=1S/C25H32N4O4/c1-25(2)15-21(30)19(22(31)16-25)17-26-8-9-27-10-12-28(13-11-27)20-14-23(32)29(24(20)33)18-6-4-3-5-7-18/h3-7,17,20,30H,8-16H2,1-2H3/t20-/m1/s1. The number of hydrogen-bond donors (Lipinski definition) is 1. The molecule has 0 bridgehead atoms. The van der Waals surface area contributed by atoms with Crippen molar-refractivity contribution in [1.82, 2.24) is 9.80 Å².